The number of sulfone groups is 1. The van der Waals surface area contributed by atoms with E-state index < -0.39 is 9.84 Å². The van der Waals surface area contributed by atoms with E-state index in [0.29, 0.717) is 18.1 Å². The van der Waals surface area contributed by atoms with Crippen LogP contribution in [0.3, 0.4) is 0 Å². The van der Waals surface area contributed by atoms with Crippen molar-refractivity contribution in [2.45, 2.75) is 24.8 Å². The van der Waals surface area contributed by atoms with Crippen molar-refractivity contribution in [3.63, 3.8) is 0 Å². The molecule has 1 heterocycles. The zero-order chi connectivity index (χ0) is 20.1. The summed E-state index contributed by atoms with van der Waals surface area (Å²) in [7, 11) is -3.48. The maximum Gasteiger partial charge on any atom is 0.224 e. The van der Waals surface area contributed by atoms with E-state index in [1.54, 1.807) is 17.0 Å². The normalized spacial score (nSPS) is 15.6. The molecule has 0 saturated carbocycles. The van der Waals surface area contributed by atoms with Crippen LogP contribution in [-0.2, 0) is 21.2 Å². The Kier molecular flexibility index (Phi) is 6.75. The van der Waals surface area contributed by atoms with Crippen molar-refractivity contribution in [2.24, 2.45) is 0 Å². The SMILES string of the molecule is Cc1cccc(C[NH+]2CCN(C(=O)CCS(=O)(=O)c3ccc(Cl)cc3)CC2)c1. The highest BCUT2D eigenvalue weighted by Gasteiger charge is 2.25. The quantitative estimate of drug-likeness (QED) is 0.772. The van der Waals surface area contributed by atoms with Gasteiger partial charge < -0.3 is 9.80 Å². The van der Waals surface area contributed by atoms with Gasteiger partial charge in [-0.3, -0.25) is 4.79 Å². The summed E-state index contributed by atoms with van der Waals surface area (Å²) < 4.78 is 24.8. The summed E-state index contributed by atoms with van der Waals surface area (Å²) in [6.07, 6.45) is 0.0121. The predicted molar refractivity (Wildman–Crippen MR) is 110 cm³/mol. The summed E-state index contributed by atoms with van der Waals surface area (Å²) in [5.41, 5.74) is 2.57. The molecule has 0 unspecified atom stereocenters. The van der Waals surface area contributed by atoms with E-state index in [4.69, 9.17) is 11.6 Å². The maximum absolute atomic E-state index is 12.5. The molecule has 28 heavy (non-hydrogen) atoms. The number of hydrogen-bond acceptors (Lipinski definition) is 3. The number of carbonyl (C=O) groups excluding carboxylic acids is 1. The molecular formula is C21H26ClN2O3S+. The fourth-order valence-electron chi connectivity index (χ4n) is 3.50. The fraction of sp³-hybridized carbons (Fsp3) is 0.381. The van der Waals surface area contributed by atoms with Gasteiger partial charge in [-0.05, 0) is 31.2 Å². The third kappa shape index (κ3) is 5.56. The molecule has 1 saturated heterocycles. The minimum absolute atomic E-state index is 0.0121. The lowest BCUT2D eigenvalue weighted by molar-refractivity contribution is -0.917. The third-order valence-electron chi connectivity index (χ3n) is 5.12. The number of nitrogens with one attached hydrogen (secondary N) is 1. The van der Waals surface area contributed by atoms with E-state index in [9.17, 15) is 13.2 Å². The summed E-state index contributed by atoms with van der Waals surface area (Å²) in [6.45, 7) is 6.14. The summed E-state index contributed by atoms with van der Waals surface area (Å²) in [4.78, 5) is 15.9. The minimum atomic E-state index is -3.48. The molecule has 1 aliphatic heterocycles. The van der Waals surface area contributed by atoms with Crippen LogP contribution in [0.25, 0.3) is 0 Å². The molecule has 1 fully saturated rings. The van der Waals surface area contributed by atoms with Crippen LogP contribution in [0.15, 0.2) is 53.4 Å². The molecule has 1 aliphatic rings. The Hall–Kier alpha value is -1.89. The van der Waals surface area contributed by atoms with Gasteiger partial charge in [0.1, 0.15) is 6.54 Å². The number of carbonyl (C=O) groups is 1. The number of quaternary nitrogens is 1. The number of piperazine rings is 1. The second-order valence-electron chi connectivity index (χ2n) is 7.32. The molecule has 0 bridgehead atoms. The first kappa shape index (κ1) is 20.8. The number of benzene rings is 2. The standard InChI is InChI=1S/C21H25ClN2O3S/c1-17-3-2-4-18(15-17)16-23-10-12-24(13-11-23)21(25)9-14-28(26,27)20-7-5-19(22)6-8-20/h2-8,15H,9-14,16H2,1H3/p+1. The van der Waals surface area contributed by atoms with Crippen LogP contribution in [0.2, 0.25) is 5.02 Å². The highest BCUT2D eigenvalue weighted by atomic mass is 35.5. The molecule has 2 aromatic carbocycles. The Morgan fingerprint density at radius 1 is 1.11 bits per heavy atom. The highest BCUT2D eigenvalue weighted by molar-refractivity contribution is 7.91. The molecule has 2 aromatic rings. The Bertz CT molecular complexity index is 921. The van der Waals surface area contributed by atoms with Gasteiger partial charge >= 0.3 is 0 Å². The molecule has 0 aromatic heterocycles. The Balaban J connectivity index is 1.48. The second-order valence-corrected chi connectivity index (χ2v) is 9.86. The fourth-order valence-corrected chi connectivity index (χ4v) is 4.86. The monoisotopic (exact) mass is 421 g/mol. The molecule has 5 nitrogen and oxygen atoms in total. The molecular weight excluding hydrogens is 396 g/mol. The van der Waals surface area contributed by atoms with Gasteiger partial charge in [-0.15, -0.1) is 0 Å². The molecule has 1 amide bonds. The zero-order valence-electron chi connectivity index (χ0n) is 16.0. The number of amides is 1. The van der Waals surface area contributed by atoms with Crippen LogP contribution in [-0.4, -0.2) is 51.2 Å². The van der Waals surface area contributed by atoms with Crippen LogP contribution >= 0.6 is 11.6 Å². The lowest BCUT2D eigenvalue weighted by Gasteiger charge is -2.32. The van der Waals surface area contributed by atoms with Gasteiger partial charge in [0, 0.05) is 17.0 Å². The molecule has 150 valence electrons. The number of nitrogens with zero attached hydrogens (tertiary/aromatic N) is 1. The van der Waals surface area contributed by atoms with E-state index >= 15 is 0 Å². The van der Waals surface area contributed by atoms with Crippen LogP contribution in [0, 0.1) is 6.92 Å². The number of aryl methyl sites for hydroxylation is 1. The van der Waals surface area contributed by atoms with Gasteiger partial charge in [-0.25, -0.2) is 8.42 Å². The van der Waals surface area contributed by atoms with Crippen LogP contribution in [0.5, 0.6) is 0 Å². The predicted octanol–water partition coefficient (Wildman–Crippen LogP) is 1.74. The third-order valence-corrected chi connectivity index (χ3v) is 7.10. The number of rotatable bonds is 6. The van der Waals surface area contributed by atoms with Gasteiger partial charge in [0.15, 0.2) is 9.84 Å². The lowest BCUT2D eigenvalue weighted by Crippen LogP contribution is -3.13. The first-order valence-corrected chi connectivity index (χ1v) is 11.5. The summed E-state index contributed by atoms with van der Waals surface area (Å²) in [6, 6.07) is 14.6. The van der Waals surface area contributed by atoms with Gasteiger partial charge in [0.2, 0.25) is 5.91 Å². The molecule has 3 rings (SSSR count). The van der Waals surface area contributed by atoms with Gasteiger partial charge in [-0.2, -0.15) is 0 Å². The molecule has 0 radical (unpaired) electrons. The van der Waals surface area contributed by atoms with E-state index in [2.05, 4.69) is 31.2 Å². The highest BCUT2D eigenvalue weighted by Crippen LogP contribution is 2.16. The van der Waals surface area contributed by atoms with Crippen molar-refractivity contribution < 1.29 is 18.1 Å². The van der Waals surface area contributed by atoms with Crippen LogP contribution < -0.4 is 4.90 Å². The summed E-state index contributed by atoms with van der Waals surface area (Å²) >= 11 is 5.80. The van der Waals surface area contributed by atoms with Crippen molar-refractivity contribution in [2.75, 3.05) is 31.9 Å². The maximum atomic E-state index is 12.5. The minimum Gasteiger partial charge on any atom is -0.331 e. The van der Waals surface area contributed by atoms with Gasteiger partial charge in [0.05, 0.1) is 36.8 Å². The first-order valence-electron chi connectivity index (χ1n) is 9.49. The van der Waals surface area contributed by atoms with E-state index in [1.807, 2.05) is 0 Å². The molecule has 1 N–H and O–H groups in total. The average Bonchev–Trinajstić information content (AvgIpc) is 2.67. The van der Waals surface area contributed by atoms with Gasteiger partial charge in [0.25, 0.3) is 0 Å². The van der Waals surface area contributed by atoms with Crippen molar-refractivity contribution in [3.8, 4) is 0 Å². The van der Waals surface area contributed by atoms with Crippen LogP contribution in [0.1, 0.15) is 17.5 Å². The van der Waals surface area contributed by atoms with Crippen molar-refractivity contribution >= 4 is 27.3 Å². The van der Waals surface area contributed by atoms with Crippen molar-refractivity contribution in [1.29, 1.82) is 0 Å². The molecule has 0 aliphatic carbocycles. The van der Waals surface area contributed by atoms with Gasteiger partial charge in [-0.1, -0.05) is 41.4 Å². The molecule has 0 spiro atoms. The first-order chi connectivity index (χ1) is 13.3. The zero-order valence-corrected chi connectivity index (χ0v) is 17.6. The number of hydrogen-bond donors (Lipinski definition) is 1. The topological polar surface area (TPSA) is 58.9 Å². The van der Waals surface area contributed by atoms with Crippen molar-refractivity contribution in [1.82, 2.24) is 4.90 Å². The van der Waals surface area contributed by atoms with E-state index in [0.717, 1.165) is 19.6 Å². The van der Waals surface area contributed by atoms with Crippen molar-refractivity contribution in [3.05, 3.63) is 64.7 Å². The van der Waals surface area contributed by atoms with E-state index in [1.165, 1.54) is 28.2 Å². The number of halogens is 1. The Morgan fingerprint density at radius 3 is 2.43 bits per heavy atom. The molecule has 7 heteroatoms. The summed E-state index contributed by atoms with van der Waals surface area (Å²) in [5.74, 6) is -0.267. The lowest BCUT2D eigenvalue weighted by atomic mass is 10.1. The Labute approximate surface area is 171 Å². The average molecular weight is 422 g/mol. The largest absolute Gasteiger partial charge is 0.331 e. The molecule has 0 atom stereocenters. The second kappa shape index (κ2) is 9.07. The smallest absolute Gasteiger partial charge is 0.224 e. The summed E-state index contributed by atoms with van der Waals surface area (Å²) in [5, 5.41) is 0.487. The Morgan fingerprint density at radius 2 is 1.79 bits per heavy atom. The van der Waals surface area contributed by atoms with Crippen LogP contribution in [0.4, 0.5) is 0 Å². The van der Waals surface area contributed by atoms with E-state index in [-0.39, 0.29) is 23.0 Å².